The Hall–Kier alpha value is -0.720. The van der Waals surface area contributed by atoms with Gasteiger partial charge >= 0.3 is 6.18 Å². The molecule has 0 saturated carbocycles. The van der Waals surface area contributed by atoms with Crippen LogP contribution in [0.25, 0.3) is 0 Å². The second-order valence-electron chi connectivity index (χ2n) is 3.09. The Kier molecular flexibility index (Phi) is 5.07. The molecule has 0 aliphatic heterocycles. The van der Waals surface area contributed by atoms with Gasteiger partial charge in [0.15, 0.2) is 0 Å². The number of hydrogen-bond acceptors (Lipinski definition) is 2. The van der Waals surface area contributed by atoms with E-state index in [0.717, 1.165) is 6.20 Å². The summed E-state index contributed by atoms with van der Waals surface area (Å²) in [4.78, 5) is 10.8. The van der Waals surface area contributed by atoms with Crippen molar-refractivity contribution in [2.24, 2.45) is 0 Å². The van der Waals surface area contributed by atoms with Gasteiger partial charge in [0.1, 0.15) is 0 Å². The summed E-state index contributed by atoms with van der Waals surface area (Å²) in [5, 5.41) is 3.08. The highest BCUT2D eigenvalue weighted by atomic mass is 79.9. The third-order valence-corrected chi connectivity index (χ3v) is 2.91. The minimum Gasteiger partial charge on any atom is -0.359 e. The number of carbonyl (C=O) groups is 1. The molecule has 0 atom stereocenters. The van der Waals surface area contributed by atoms with E-state index in [4.69, 9.17) is 23.2 Å². The Morgan fingerprint density at radius 1 is 1.33 bits per heavy atom. The molecule has 1 N–H and O–H groups in total. The second kappa shape index (κ2) is 5.95. The van der Waals surface area contributed by atoms with Crippen LogP contribution in [0.3, 0.4) is 0 Å². The summed E-state index contributed by atoms with van der Waals surface area (Å²) in [6.07, 6.45) is -4.08. The molecule has 0 aromatic heterocycles. The molecule has 0 bridgehead atoms. The molecule has 1 aromatic rings. The summed E-state index contributed by atoms with van der Waals surface area (Å²) in [5.74, 6) is -1.99. The number of benzene rings is 1. The highest BCUT2D eigenvalue weighted by Crippen LogP contribution is 2.27. The predicted molar refractivity (Wildman–Crippen MR) is 68.2 cm³/mol. The monoisotopic (exact) mass is 361 g/mol. The molecule has 8 heteroatoms. The van der Waals surface area contributed by atoms with Gasteiger partial charge in [0.25, 0.3) is 5.78 Å². The number of hydrogen-bond donors (Lipinski definition) is 1. The molecule has 2 nitrogen and oxygen atoms in total. The van der Waals surface area contributed by atoms with E-state index in [1.165, 1.54) is 18.2 Å². The van der Waals surface area contributed by atoms with E-state index in [-0.39, 0.29) is 10.7 Å². The van der Waals surface area contributed by atoms with E-state index in [2.05, 4.69) is 21.2 Å². The summed E-state index contributed by atoms with van der Waals surface area (Å²) in [6, 6.07) is 4.41. The van der Waals surface area contributed by atoms with E-state index in [0.29, 0.717) is 5.02 Å². The molecule has 98 valence electrons. The van der Waals surface area contributed by atoms with Crippen LogP contribution in [0.15, 0.2) is 28.9 Å². The summed E-state index contributed by atoms with van der Waals surface area (Å²) in [6.45, 7) is 0. The standard InChI is InChI=1S/C10H5BrCl2F3NO/c11-6(9(18)10(14,15)16)4-17-8-3-5(12)1-2-7(8)13/h1-4,17H. The largest absolute Gasteiger partial charge is 0.455 e. The Morgan fingerprint density at radius 3 is 2.50 bits per heavy atom. The Bertz CT molecular complexity index is 502. The molecule has 0 aliphatic rings. The number of nitrogens with one attached hydrogen (secondary N) is 1. The molecule has 18 heavy (non-hydrogen) atoms. The number of Topliss-reactive ketones (excluding diaryl/α,β-unsaturated/α-hetero) is 1. The van der Waals surface area contributed by atoms with Gasteiger partial charge in [-0.05, 0) is 34.1 Å². The zero-order chi connectivity index (χ0) is 13.9. The van der Waals surface area contributed by atoms with E-state index in [9.17, 15) is 18.0 Å². The van der Waals surface area contributed by atoms with Crippen molar-refractivity contribution in [1.82, 2.24) is 0 Å². The van der Waals surface area contributed by atoms with Crippen LogP contribution in [-0.2, 0) is 4.79 Å². The van der Waals surface area contributed by atoms with Gasteiger partial charge < -0.3 is 5.32 Å². The van der Waals surface area contributed by atoms with Gasteiger partial charge in [-0.1, -0.05) is 23.2 Å². The van der Waals surface area contributed by atoms with Crippen LogP contribution in [-0.4, -0.2) is 12.0 Å². The van der Waals surface area contributed by atoms with Crippen molar-refractivity contribution in [3.05, 3.63) is 38.9 Å². The number of rotatable bonds is 3. The molecule has 0 unspecified atom stereocenters. The van der Waals surface area contributed by atoms with Crippen molar-refractivity contribution in [2.45, 2.75) is 6.18 Å². The van der Waals surface area contributed by atoms with Gasteiger partial charge in [-0.15, -0.1) is 0 Å². The maximum absolute atomic E-state index is 12.1. The summed E-state index contributed by atoms with van der Waals surface area (Å²) in [5.41, 5.74) is 0.288. The maximum atomic E-state index is 12.1. The Morgan fingerprint density at radius 2 is 1.94 bits per heavy atom. The zero-order valence-electron chi connectivity index (χ0n) is 8.49. The van der Waals surface area contributed by atoms with Gasteiger partial charge in [0.2, 0.25) is 0 Å². The van der Waals surface area contributed by atoms with Crippen LogP contribution in [0.4, 0.5) is 18.9 Å². The third kappa shape index (κ3) is 4.19. The lowest BCUT2D eigenvalue weighted by Crippen LogP contribution is -2.22. The fourth-order valence-corrected chi connectivity index (χ4v) is 1.63. The van der Waals surface area contributed by atoms with Gasteiger partial charge in [-0.2, -0.15) is 13.2 Å². The van der Waals surface area contributed by atoms with Gasteiger partial charge in [-0.25, -0.2) is 0 Å². The van der Waals surface area contributed by atoms with Crippen LogP contribution >= 0.6 is 39.1 Å². The number of allylic oxidation sites excluding steroid dienone is 1. The quantitative estimate of drug-likeness (QED) is 0.784. The van der Waals surface area contributed by atoms with Crippen LogP contribution in [0, 0.1) is 0 Å². The zero-order valence-corrected chi connectivity index (χ0v) is 11.6. The molecule has 0 amide bonds. The number of anilines is 1. The molecule has 0 saturated heterocycles. The fourth-order valence-electron chi connectivity index (χ4n) is 0.950. The van der Waals surface area contributed by atoms with Crippen molar-refractivity contribution in [1.29, 1.82) is 0 Å². The van der Waals surface area contributed by atoms with Crippen molar-refractivity contribution >= 4 is 50.6 Å². The SMILES string of the molecule is O=C(C(Br)=CNc1cc(Cl)ccc1Cl)C(F)(F)F. The van der Waals surface area contributed by atoms with E-state index in [1.807, 2.05) is 0 Å². The average Bonchev–Trinajstić information content (AvgIpc) is 2.27. The summed E-state index contributed by atoms with van der Waals surface area (Å²) >= 11 is 14.0. The van der Waals surface area contributed by atoms with Crippen molar-refractivity contribution in [3.63, 3.8) is 0 Å². The summed E-state index contributed by atoms with van der Waals surface area (Å²) < 4.78 is 35.6. The van der Waals surface area contributed by atoms with Crippen LogP contribution < -0.4 is 5.32 Å². The molecule has 0 fully saturated rings. The fraction of sp³-hybridized carbons (Fsp3) is 0.100. The van der Waals surface area contributed by atoms with Crippen molar-refractivity contribution in [3.8, 4) is 0 Å². The van der Waals surface area contributed by atoms with E-state index < -0.39 is 16.4 Å². The number of halogens is 6. The minimum atomic E-state index is -4.94. The predicted octanol–water partition coefficient (Wildman–Crippen LogP) is 4.77. The van der Waals surface area contributed by atoms with Gasteiger partial charge in [0.05, 0.1) is 15.2 Å². The molecule has 1 rings (SSSR count). The number of ketones is 1. The minimum absolute atomic E-state index is 0.260. The molecular formula is C10H5BrCl2F3NO. The van der Waals surface area contributed by atoms with Gasteiger partial charge in [-0.3, -0.25) is 4.79 Å². The molecule has 1 aromatic carbocycles. The van der Waals surface area contributed by atoms with Crippen LogP contribution in [0.2, 0.25) is 10.0 Å². The number of carbonyl (C=O) groups excluding carboxylic acids is 1. The smallest absolute Gasteiger partial charge is 0.359 e. The molecule has 0 aliphatic carbocycles. The molecule has 0 heterocycles. The molecule has 0 spiro atoms. The lowest BCUT2D eigenvalue weighted by atomic mass is 10.3. The summed E-state index contributed by atoms with van der Waals surface area (Å²) in [7, 11) is 0. The highest BCUT2D eigenvalue weighted by Gasteiger charge is 2.39. The number of alkyl halides is 3. The van der Waals surface area contributed by atoms with Gasteiger partial charge in [0, 0.05) is 11.2 Å². The maximum Gasteiger partial charge on any atom is 0.455 e. The van der Waals surface area contributed by atoms with E-state index in [1.54, 1.807) is 0 Å². The topological polar surface area (TPSA) is 29.1 Å². The lowest BCUT2D eigenvalue weighted by molar-refractivity contribution is -0.165. The first-order chi connectivity index (χ1) is 8.21. The Balaban J connectivity index is 2.87. The lowest BCUT2D eigenvalue weighted by Gasteiger charge is -2.07. The van der Waals surface area contributed by atoms with Crippen LogP contribution in [0.1, 0.15) is 0 Å². The highest BCUT2D eigenvalue weighted by molar-refractivity contribution is 9.12. The Labute approximate surface area is 119 Å². The first-order valence-electron chi connectivity index (χ1n) is 4.40. The van der Waals surface area contributed by atoms with Crippen LogP contribution in [0.5, 0.6) is 0 Å². The first-order valence-corrected chi connectivity index (χ1v) is 5.95. The average molecular weight is 363 g/mol. The van der Waals surface area contributed by atoms with E-state index >= 15 is 0 Å². The molecule has 0 radical (unpaired) electrons. The first kappa shape index (κ1) is 15.3. The normalized spacial score (nSPS) is 12.4. The third-order valence-electron chi connectivity index (χ3n) is 1.76. The second-order valence-corrected chi connectivity index (χ2v) is 4.79. The van der Waals surface area contributed by atoms with Crippen molar-refractivity contribution < 1.29 is 18.0 Å². The molecular weight excluding hydrogens is 358 g/mol. The van der Waals surface area contributed by atoms with Crippen molar-refractivity contribution in [2.75, 3.05) is 5.32 Å².